The SMILES string of the molecule is CCCN(Cc1nc(C(=O)OC)cs1)C(=O)c1ccccc1Cl. The van der Waals surface area contributed by atoms with E-state index in [0.717, 1.165) is 6.42 Å². The van der Waals surface area contributed by atoms with Crippen molar-refractivity contribution in [2.75, 3.05) is 13.7 Å². The van der Waals surface area contributed by atoms with E-state index < -0.39 is 5.97 Å². The number of carbonyl (C=O) groups excluding carboxylic acids is 2. The molecule has 0 spiro atoms. The number of esters is 1. The molecule has 0 saturated carbocycles. The van der Waals surface area contributed by atoms with Crippen molar-refractivity contribution in [1.29, 1.82) is 0 Å². The molecule has 1 aromatic heterocycles. The largest absolute Gasteiger partial charge is 0.464 e. The third-order valence-electron chi connectivity index (χ3n) is 3.16. The lowest BCUT2D eigenvalue weighted by Crippen LogP contribution is -2.31. The molecule has 0 fully saturated rings. The Kier molecular flexibility index (Phi) is 6.12. The second-order valence-electron chi connectivity index (χ2n) is 4.82. The molecule has 1 amide bonds. The molecule has 2 aromatic rings. The van der Waals surface area contributed by atoms with Gasteiger partial charge < -0.3 is 9.64 Å². The van der Waals surface area contributed by atoms with Gasteiger partial charge in [-0.25, -0.2) is 9.78 Å². The Hall–Kier alpha value is -1.92. The van der Waals surface area contributed by atoms with Gasteiger partial charge in [0.25, 0.3) is 5.91 Å². The molecule has 23 heavy (non-hydrogen) atoms. The van der Waals surface area contributed by atoms with E-state index in [9.17, 15) is 9.59 Å². The molecule has 0 aliphatic rings. The van der Waals surface area contributed by atoms with E-state index in [2.05, 4.69) is 9.72 Å². The summed E-state index contributed by atoms with van der Waals surface area (Å²) in [6.07, 6.45) is 0.811. The zero-order chi connectivity index (χ0) is 16.8. The van der Waals surface area contributed by atoms with Crippen molar-refractivity contribution in [2.24, 2.45) is 0 Å². The highest BCUT2D eigenvalue weighted by atomic mass is 35.5. The van der Waals surface area contributed by atoms with E-state index >= 15 is 0 Å². The lowest BCUT2D eigenvalue weighted by Gasteiger charge is -2.21. The van der Waals surface area contributed by atoms with Gasteiger partial charge in [0, 0.05) is 11.9 Å². The van der Waals surface area contributed by atoms with Crippen LogP contribution in [0, 0.1) is 0 Å². The predicted molar refractivity (Wildman–Crippen MR) is 89.9 cm³/mol. The van der Waals surface area contributed by atoms with Crippen LogP contribution in [-0.2, 0) is 11.3 Å². The molecular formula is C16H17ClN2O3S. The summed E-state index contributed by atoms with van der Waals surface area (Å²) in [5.74, 6) is -0.626. The van der Waals surface area contributed by atoms with Crippen LogP contribution >= 0.6 is 22.9 Å². The number of aromatic nitrogens is 1. The van der Waals surface area contributed by atoms with Crippen molar-refractivity contribution >= 4 is 34.8 Å². The molecule has 122 valence electrons. The monoisotopic (exact) mass is 352 g/mol. The number of rotatable bonds is 6. The first-order valence-electron chi connectivity index (χ1n) is 7.13. The fourth-order valence-electron chi connectivity index (χ4n) is 2.07. The number of ether oxygens (including phenoxy) is 1. The summed E-state index contributed by atoms with van der Waals surface area (Å²) in [6.45, 7) is 2.91. The maximum absolute atomic E-state index is 12.7. The average Bonchev–Trinajstić information content (AvgIpc) is 3.02. The van der Waals surface area contributed by atoms with E-state index in [4.69, 9.17) is 11.6 Å². The maximum Gasteiger partial charge on any atom is 0.357 e. The van der Waals surface area contributed by atoms with Crippen LogP contribution in [0.4, 0.5) is 0 Å². The molecule has 0 bridgehead atoms. The fraction of sp³-hybridized carbons (Fsp3) is 0.312. The molecule has 7 heteroatoms. The molecule has 5 nitrogen and oxygen atoms in total. The molecule has 1 heterocycles. The highest BCUT2D eigenvalue weighted by Crippen LogP contribution is 2.20. The quantitative estimate of drug-likeness (QED) is 0.745. The van der Waals surface area contributed by atoms with Crippen molar-refractivity contribution in [2.45, 2.75) is 19.9 Å². The van der Waals surface area contributed by atoms with Gasteiger partial charge in [-0.05, 0) is 18.6 Å². The first-order valence-corrected chi connectivity index (χ1v) is 8.39. The number of amides is 1. The third-order valence-corrected chi connectivity index (χ3v) is 4.32. The van der Waals surface area contributed by atoms with Gasteiger partial charge in [0.15, 0.2) is 5.69 Å². The van der Waals surface area contributed by atoms with Gasteiger partial charge in [0.1, 0.15) is 5.01 Å². The van der Waals surface area contributed by atoms with E-state index in [1.165, 1.54) is 18.4 Å². The minimum absolute atomic E-state index is 0.146. The zero-order valence-electron chi connectivity index (χ0n) is 12.9. The number of halogens is 1. The van der Waals surface area contributed by atoms with Gasteiger partial charge in [-0.15, -0.1) is 11.3 Å². The van der Waals surface area contributed by atoms with Crippen LogP contribution in [0.3, 0.4) is 0 Å². The normalized spacial score (nSPS) is 10.4. The van der Waals surface area contributed by atoms with E-state index in [1.807, 2.05) is 6.92 Å². The van der Waals surface area contributed by atoms with Crippen molar-refractivity contribution in [1.82, 2.24) is 9.88 Å². The molecule has 2 rings (SSSR count). The first-order chi connectivity index (χ1) is 11.1. The number of methoxy groups -OCH3 is 1. The zero-order valence-corrected chi connectivity index (χ0v) is 14.5. The summed E-state index contributed by atoms with van der Waals surface area (Å²) < 4.78 is 4.64. The topological polar surface area (TPSA) is 59.5 Å². The number of hydrogen-bond donors (Lipinski definition) is 0. The minimum Gasteiger partial charge on any atom is -0.464 e. The number of hydrogen-bond acceptors (Lipinski definition) is 5. The molecule has 0 radical (unpaired) electrons. The second-order valence-corrected chi connectivity index (χ2v) is 6.17. The maximum atomic E-state index is 12.7. The number of carbonyl (C=O) groups is 2. The Morgan fingerprint density at radius 2 is 2.09 bits per heavy atom. The molecule has 0 unspecified atom stereocenters. The van der Waals surface area contributed by atoms with Gasteiger partial charge in [0.05, 0.1) is 24.2 Å². The molecular weight excluding hydrogens is 336 g/mol. The summed E-state index contributed by atoms with van der Waals surface area (Å²) in [5, 5.41) is 2.73. The molecule has 0 aliphatic carbocycles. The highest BCUT2D eigenvalue weighted by molar-refractivity contribution is 7.09. The van der Waals surface area contributed by atoms with Gasteiger partial charge >= 0.3 is 5.97 Å². The van der Waals surface area contributed by atoms with Crippen LogP contribution < -0.4 is 0 Å². The van der Waals surface area contributed by atoms with E-state index in [1.54, 1.807) is 34.5 Å². The number of benzene rings is 1. The molecule has 0 atom stereocenters. The van der Waals surface area contributed by atoms with Crippen LogP contribution in [0.1, 0.15) is 39.2 Å². The average molecular weight is 353 g/mol. The Balaban J connectivity index is 2.18. The van der Waals surface area contributed by atoms with Crippen molar-refractivity contribution in [3.05, 3.63) is 50.9 Å². The summed E-state index contributed by atoms with van der Waals surface area (Å²) in [4.78, 5) is 30.0. The lowest BCUT2D eigenvalue weighted by molar-refractivity contribution is 0.0594. The van der Waals surface area contributed by atoms with Crippen LogP contribution in [0.15, 0.2) is 29.6 Å². The Morgan fingerprint density at radius 1 is 1.35 bits per heavy atom. The lowest BCUT2D eigenvalue weighted by atomic mass is 10.2. The van der Waals surface area contributed by atoms with Crippen LogP contribution in [0.2, 0.25) is 5.02 Å². The van der Waals surface area contributed by atoms with Crippen molar-refractivity contribution in [3.63, 3.8) is 0 Å². The molecule has 1 aromatic carbocycles. The van der Waals surface area contributed by atoms with Gasteiger partial charge in [-0.1, -0.05) is 30.7 Å². The van der Waals surface area contributed by atoms with Gasteiger partial charge in [0.2, 0.25) is 0 Å². The van der Waals surface area contributed by atoms with Crippen LogP contribution in [-0.4, -0.2) is 35.4 Å². The van der Waals surface area contributed by atoms with E-state index in [0.29, 0.717) is 28.7 Å². The van der Waals surface area contributed by atoms with Crippen molar-refractivity contribution < 1.29 is 14.3 Å². The summed E-state index contributed by atoms with van der Waals surface area (Å²) in [7, 11) is 1.31. The molecule has 0 saturated heterocycles. The first kappa shape index (κ1) is 17.4. The summed E-state index contributed by atoms with van der Waals surface area (Å²) in [6, 6.07) is 6.96. The molecule has 0 N–H and O–H groups in total. The Labute approximate surface area is 143 Å². The van der Waals surface area contributed by atoms with Crippen LogP contribution in [0.25, 0.3) is 0 Å². The number of thiazole rings is 1. The summed E-state index contributed by atoms with van der Waals surface area (Å²) >= 11 is 7.43. The van der Waals surface area contributed by atoms with Gasteiger partial charge in [-0.3, -0.25) is 4.79 Å². The highest BCUT2D eigenvalue weighted by Gasteiger charge is 2.20. The fourth-order valence-corrected chi connectivity index (χ4v) is 3.07. The minimum atomic E-state index is -0.480. The second kappa shape index (κ2) is 8.08. The van der Waals surface area contributed by atoms with Gasteiger partial charge in [-0.2, -0.15) is 0 Å². The standard InChI is InChI=1S/C16H17ClN2O3S/c1-3-8-19(15(20)11-6-4-5-7-12(11)17)9-14-18-13(10-23-14)16(21)22-2/h4-7,10H,3,8-9H2,1-2H3. The Bertz CT molecular complexity index is 702. The van der Waals surface area contributed by atoms with E-state index in [-0.39, 0.29) is 11.6 Å². The van der Waals surface area contributed by atoms with Crippen LogP contribution in [0.5, 0.6) is 0 Å². The summed E-state index contributed by atoms with van der Waals surface area (Å²) in [5.41, 5.74) is 0.724. The third kappa shape index (κ3) is 4.30. The molecule has 0 aliphatic heterocycles. The van der Waals surface area contributed by atoms with Crippen molar-refractivity contribution in [3.8, 4) is 0 Å². The number of nitrogens with zero attached hydrogens (tertiary/aromatic N) is 2. The smallest absolute Gasteiger partial charge is 0.357 e. The Morgan fingerprint density at radius 3 is 2.74 bits per heavy atom. The predicted octanol–water partition coefficient (Wildman–Crippen LogP) is 3.64.